The average Bonchev–Trinajstić information content (AvgIpc) is 2.54. The van der Waals surface area contributed by atoms with E-state index in [9.17, 15) is 4.79 Å². The number of carbonyl (C=O) groups is 1. The third-order valence-corrected chi connectivity index (χ3v) is 4.91. The zero-order valence-corrected chi connectivity index (χ0v) is 12.9. The normalized spacial score (nSPS) is 17.2. The first-order chi connectivity index (χ1) is 10.2. The van der Waals surface area contributed by atoms with Crippen molar-refractivity contribution in [2.45, 2.75) is 17.9 Å². The predicted octanol–water partition coefficient (Wildman–Crippen LogP) is 3.84. The van der Waals surface area contributed by atoms with Gasteiger partial charge in [-0.25, -0.2) is 0 Å². The molecule has 0 aliphatic carbocycles. The number of carbonyl (C=O) groups excluding carboxylic acids is 1. The van der Waals surface area contributed by atoms with E-state index in [1.54, 1.807) is 18.9 Å². The summed E-state index contributed by atoms with van der Waals surface area (Å²) < 4.78 is 5.14. The lowest BCUT2D eigenvalue weighted by molar-refractivity contribution is 0.0979. The molecule has 4 heteroatoms. The fourth-order valence-electron chi connectivity index (χ4n) is 2.48. The Labute approximate surface area is 128 Å². The van der Waals surface area contributed by atoms with Gasteiger partial charge in [0.2, 0.25) is 0 Å². The van der Waals surface area contributed by atoms with Gasteiger partial charge in [-0.3, -0.25) is 4.79 Å². The van der Waals surface area contributed by atoms with Crippen molar-refractivity contribution >= 4 is 23.4 Å². The van der Waals surface area contributed by atoms with Crippen molar-refractivity contribution in [1.29, 1.82) is 0 Å². The summed E-state index contributed by atoms with van der Waals surface area (Å²) in [6.07, 6.45) is 0. The summed E-state index contributed by atoms with van der Waals surface area (Å²) in [6, 6.07) is 15.5. The molecule has 3 nitrogen and oxygen atoms in total. The van der Waals surface area contributed by atoms with Crippen LogP contribution in [0, 0.1) is 0 Å². The van der Waals surface area contributed by atoms with Crippen LogP contribution in [-0.4, -0.2) is 24.8 Å². The lowest BCUT2D eigenvalue weighted by Crippen LogP contribution is -2.42. The van der Waals surface area contributed by atoms with E-state index in [0.717, 1.165) is 22.1 Å². The molecule has 0 saturated heterocycles. The molecule has 1 atom stereocenters. The van der Waals surface area contributed by atoms with Gasteiger partial charge in [-0.2, -0.15) is 0 Å². The molecule has 3 rings (SSSR count). The summed E-state index contributed by atoms with van der Waals surface area (Å²) >= 11 is 1.81. The standard InChI is InChI=1S/C17H17NO2S/c1-12-11-21-16-6-4-3-5-15(16)18(12)17(19)13-7-9-14(20-2)10-8-13/h3-10,12H,11H2,1-2H3. The molecule has 0 bridgehead atoms. The van der Waals surface area contributed by atoms with Gasteiger partial charge in [0.25, 0.3) is 5.91 Å². The van der Waals surface area contributed by atoms with Crippen LogP contribution in [0.2, 0.25) is 0 Å². The molecule has 1 aliphatic rings. The van der Waals surface area contributed by atoms with Crippen molar-refractivity contribution in [3.63, 3.8) is 0 Å². The van der Waals surface area contributed by atoms with Crippen molar-refractivity contribution in [2.75, 3.05) is 17.8 Å². The highest BCUT2D eigenvalue weighted by Crippen LogP contribution is 2.37. The highest BCUT2D eigenvalue weighted by molar-refractivity contribution is 7.99. The number of hydrogen-bond acceptors (Lipinski definition) is 3. The van der Waals surface area contributed by atoms with Gasteiger partial charge in [0.1, 0.15) is 5.75 Å². The number of hydrogen-bond donors (Lipinski definition) is 0. The molecule has 1 amide bonds. The fraction of sp³-hybridized carbons (Fsp3) is 0.235. The Bertz CT molecular complexity index is 654. The van der Waals surface area contributed by atoms with E-state index in [1.807, 2.05) is 47.4 Å². The summed E-state index contributed by atoms with van der Waals surface area (Å²) in [5.41, 5.74) is 1.69. The molecule has 2 aromatic carbocycles. The van der Waals surface area contributed by atoms with E-state index in [-0.39, 0.29) is 11.9 Å². The number of amides is 1. The highest BCUT2D eigenvalue weighted by atomic mass is 32.2. The van der Waals surface area contributed by atoms with Gasteiger partial charge in [-0.05, 0) is 43.3 Å². The van der Waals surface area contributed by atoms with Gasteiger partial charge < -0.3 is 9.64 Å². The molecule has 0 radical (unpaired) electrons. The number of ether oxygens (including phenoxy) is 1. The third kappa shape index (κ3) is 2.63. The highest BCUT2D eigenvalue weighted by Gasteiger charge is 2.29. The molecule has 1 aliphatic heterocycles. The molecule has 0 fully saturated rings. The Kier molecular flexibility index (Phi) is 3.88. The maximum Gasteiger partial charge on any atom is 0.258 e. The van der Waals surface area contributed by atoms with Crippen LogP contribution < -0.4 is 9.64 Å². The molecule has 0 spiro atoms. The largest absolute Gasteiger partial charge is 0.497 e. The second-order valence-corrected chi connectivity index (χ2v) is 6.09. The van der Waals surface area contributed by atoms with E-state index in [1.165, 1.54) is 0 Å². The lowest BCUT2D eigenvalue weighted by atomic mass is 10.1. The van der Waals surface area contributed by atoms with Crippen LogP contribution in [0.4, 0.5) is 5.69 Å². The van der Waals surface area contributed by atoms with E-state index < -0.39 is 0 Å². The van der Waals surface area contributed by atoms with Gasteiger partial charge in [0, 0.05) is 22.3 Å². The van der Waals surface area contributed by atoms with Crippen LogP contribution in [-0.2, 0) is 0 Å². The van der Waals surface area contributed by atoms with Crippen LogP contribution in [0.1, 0.15) is 17.3 Å². The van der Waals surface area contributed by atoms with Gasteiger partial charge in [-0.15, -0.1) is 11.8 Å². The zero-order chi connectivity index (χ0) is 14.8. The molecule has 21 heavy (non-hydrogen) atoms. The first-order valence-corrected chi connectivity index (χ1v) is 7.88. The summed E-state index contributed by atoms with van der Waals surface area (Å²) in [5, 5.41) is 0. The molecular formula is C17H17NO2S. The number of anilines is 1. The van der Waals surface area contributed by atoms with Crippen LogP contribution in [0.3, 0.4) is 0 Å². The number of benzene rings is 2. The summed E-state index contributed by atoms with van der Waals surface area (Å²) in [6.45, 7) is 2.09. The smallest absolute Gasteiger partial charge is 0.258 e. The fourth-order valence-corrected chi connectivity index (χ4v) is 3.54. The first-order valence-electron chi connectivity index (χ1n) is 6.90. The average molecular weight is 299 g/mol. The van der Waals surface area contributed by atoms with Gasteiger partial charge in [0.15, 0.2) is 0 Å². The Morgan fingerprint density at radius 3 is 2.62 bits per heavy atom. The monoisotopic (exact) mass is 299 g/mol. The van der Waals surface area contributed by atoms with E-state index >= 15 is 0 Å². The Morgan fingerprint density at radius 2 is 1.90 bits per heavy atom. The molecule has 1 unspecified atom stereocenters. The molecule has 1 heterocycles. The van der Waals surface area contributed by atoms with Crippen molar-refractivity contribution < 1.29 is 9.53 Å². The number of fused-ring (bicyclic) bond motifs is 1. The zero-order valence-electron chi connectivity index (χ0n) is 12.1. The quantitative estimate of drug-likeness (QED) is 0.844. The van der Waals surface area contributed by atoms with Crippen molar-refractivity contribution in [2.24, 2.45) is 0 Å². The topological polar surface area (TPSA) is 29.5 Å². The Balaban J connectivity index is 1.96. The Morgan fingerprint density at radius 1 is 1.19 bits per heavy atom. The lowest BCUT2D eigenvalue weighted by Gasteiger charge is -2.34. The predicted molar refractivity (Wildman–Crippen MR) is 86.4 cm³/mol. The van der Waals surface area contributed by atoms with Gasteiger partial charge in [-0.1, -0.05) is 12.1 Å². The SMILES string of the molecule is COc1ccc(C(=O)N2c3ccccc3SCC2C)cc1. The molecule has 0 aromatic heterocycles. The van der Waals surface area contributed by atoms with Crippen molar-refractivity contribution in [1.82, 2.24) is 0 Å². The number of para-hydroxylation sites is 1. The maximum atomic E-state index is 12.8. The van der Waals surface area contributed by atoms with Crippen LogP contribution in [0.15, 0.2) is 53.4 Å². The second kappa shape index (κ2) is 5.82. The number of nitrogens with zero attached hydrogens (tertiary/aromatic N) is 1. The summed E-state index contributed by atoms with van der Waals surface area (Å²) in [4.78, 5) is 15.9. The summed E-state index contributed by atoms with van der Waals surface area (Å²) in [5.74, 6) is 1.71. The number of methoxy groups -OCH3 is 1. The van der Waals surface area contributed by atoms with Crippen molar-refractivity contribution in [3.05, 3.63) is 54.1 Å². The van der Waals surface area contributed by atoms with Crippen LogP contribution >= 0.6 is 11.8 Å². The number of rotatable bonds is 2. The Hall–Kier alpha value is -1.94. The molecule has 108 valence electrons. The van der Waals surface area contributed by atoms with E-state index in [2.05, 4.69) is 13.0 Å². The van der Waals surface area contributed by atoms with Gasteiger partial charge in [0.05, 0.1) is 12.8 Å². The van der Waals surface area contributed by atoms with Crippen LogP contribution in [0.25, 0.3) is 0 Å². The maximum absolute atomic E-state index is 12.8. The molecule has 0 saturated carbocycles. The first kappa shape index (κ1) is 14.0. The van der Waals surface area contributed by atoms with Gasteiger partial charge >= 0.3 is 0 Å². The molecule has 0 N–H and O–H groups in total. The molecular weight excluding hydrogens is 282 g/mol. The number of thioether (sulfide) groups is 1. The third-order valence-electron chi connectivity index (χ3n) is 3.60. The van der Waals surface area contributed by atoms with Crippen LogP contribution in [0.5, 0.6) is 5.75 Å². The second-order valence-electron chi connectivity index (χ2n) is 5.03. The van der Waals surface area contributed by atoms with Crippen molar-refractivity contribution in [3.8, 4) is 5.75 Å². The minimum absolute atomic E-state index is 0.0397. The van der Waals surface area contributed by atoms with E-state index in [4.69, 9.17) is 4.74 Å². The minimum atomic E-state index is 0.0397. The van der Waals surface area contributed by atoms with E-state index in [0.29, 0.717) is 5.56 Å². The minimum Gasteiger partial charge on any atom is -0.497 e. The molecule has 2 aromatic rings. The summed E-state index contributed by atoms with van der Waals surface area (Å²) in [7, 11) is 1.62.